The molecule has 1 aromatic rings. The second-order valence-electron chi connectivity index (χ2n) is 6.13. The average molecular weight is 374 g/mol. The molecule has 7 nitrogen and oxygen atoms in total. The monoisotopic (exact) mass is 374 g/mol. The van der Waals surface area contributed by atoms with Gasteiger partial charge in [0.25, 0.3) is 0 Å². The topological polar surface area (TPSA) is 102 Å². The minimum atomic E-state index is -4.78. The Kier molecular flexibility index (Phi) is 6.30. The quantitative estimate of drug-likeness (QED) is 0.528. The lowest BCUT2D eigenvalue weighted by Gasteiger charge is -2.18. The summed E-state index contributed by atoms with van der Waals surface area (Å²) in [6, 6.07) is 5.34. The summed E-state index contributed by atoms with van der Waals surface area (Å²) in [5, 5.41) is 18.7. The molecule has 0 saturated heterocycles. The van der Waals surface area contributed by atoms with Crippen LogP contribution in [-0.4, -0.2) is 42.0 Å². The summed E-state index contributed by atoms with van der Waals surface area (Å²) in [7, 11) is 0. The lowest BCUT2D eigenvalue weighted by molar-refractivity contribution is -0.201. The smallest absolute Gasteiger partial charge is 0.382 e. The number of aliphatic hydroxyl groups excluding tert-OH is 1. The number of carbonyl (C=O) groups excluding carboxylic acids is 2. The zero-order chi connectivity index (χ0) is 19.3. The van der Waals surface area contributed by atoms with Crippen LogP contribution in [0.25, 0.3) is 0 Å². The van der Waals surface area contributed by atoms with Crippen LogP contribution in [0.1, 0.15) is 31.4 Å². The molecule has 0 aromatic heterocycles. The van der Waals surface area contributed by atoms with E-state index < -0.39 is 30.9 Å². The molecule has 26 heavy (non-hydrogen) atoms. The number of carbonyl (C=O) groups is 2. The molecule has 1 aromatic carbocycles. The van der Waals surface area contributed by atoms with Gasteiger partial charge < -0.3 is 26.4 Å². The van der Waals surface area contributed by atoms with Crippen molar-refractivity contribution in [2.24, 2.45) is 0 Å². The molecule has 5 N–H and O–H groups in total. The standard InChI is InChI=1S/C16H21F3N4O3/c1-9(21-14(25)20-8-13(24)16(17,18)19)10-2-4-11(5-3-10)22-15(26)23-12-6-7-12/h2-5,9,12-13,24H,6-8H2,1H3,(H2,20,21,25)(H2,22,23,26)/t9-,13-/m0/s1. The average Bonchev–Trinajstić information content (AvgIpc) is 3.36. The van der Waals surface area contributed by atoms with Crippen molar-refractivity contribution < 1.29 is 27.9 Å². The number of hydrogen-bond donors (Lipinski definition) is 5. The van der Waals surface area contributed by atoms with Crippen molar-refractivity contribution in [2.45, 2.75) is 44.1 Å². The van der Waals surface area contributed by atoms with Crippen LogP contribution in [0.3, 0.4) is 0 Å². The first-order valence-electron chi connectivity index (χ1n) is 8.12. The molecule has 0 radical (unpaired) electrons. The van der Waals surface area contributed by atoms with E-state index >= 15 is 0 Å². The van der Waals surface area contributed by atoms with Gasteiger partial charge in [0.15, 0.2) is 6.10 Å². The van der Waals surface area contributed by atoms with E-state index in [1.54, 1.807) is 31.2 Å². The molecule has 4 amide bonds. The summed E-state index contributed by atoms with van der Waals surface area (Å²) in [4.78, 5) is 23.2. The zero-order valence-corrected chi connectivity index (χ0v) is 14.1. The largest absolute Gasteiger partial charge is 0.416 e. The van der Waals surface area contributed by atoms with Crippen molar-refractivity contribution in [3.63, 3.8) is 0 Å². The summed E-state index contributed by atoms with van der Waals surface area (Å²) in [5.41, 5.74) is 1.28. The van der Waals surface area contributed by atoms with Gasteiger partial charge in [0.1, 0.15) is 0 Å². The predicted octanol–water partition coefficient (Wildman–Crippen LogP) is 2.25. The van der Waals surface area contributed by atoms with E-state index in [-0.39, 0.29) is 12.1 Å². The first kappa shape index (κ1) is 19.8. The van der Waals surface area contributed by atoms with E-state index in [2.05, 4.69) is 16.0 Å². The Morgan fingerprint density at radius 1 is 1.19 bits per heavy atom. The summed E-state index contributed by atoms with van der Waals surface area (Å²) < 4.78 is 36.5. The Morgan fingerprint density at radius 2 is 1.81 bits per heavy atom. The van der Waals surface area contributed by atoms with Crippen LogP contribution >= 0.6 is 0 Å². The van der Waals surface area contributed by atoms with Gasteiger partial charge in [0.2, 0.25) is 0 Å². The number of rotatable bonds is 6. The molecule has 0 bridgehead atoms. The minimum absolute atomic E-state index is 0.243. The fraction of sp³-hybridized carbons (Fsp3) is 0.500. The number of aliphatic hydroxyl groups is 1. The van der Waals surface area contributed by atoms with E-state index in [9.17, 15) is 22.8 Å². The maximum Gasteiger partial charge on any atom is 0.416 e. The molecule has 0 unspecified atom stereocenters. The number of amides is 4. The molecular formula is C16H21F3N4O3. The highest BCUT2D eigenvalue weighted by Crippen LogP contribution is 2.20. The second kappa shape index (κ2) is 8.26. The third kappa shape index (κ3) is 6.43. The van der Waals surface area contributed by atoms with Crippen LogP contribution in [-0.2, 0) is 0 Å². The number of anilines is 1. The van der Waals surface area contributed by atoms with Gasteiger partial charge in [0, 0.05) is 11.7 Å². The third-order valence-corrected chi connectivity index (χ3v) is 3.76. The van der Waals surface area contributed by atoms with Gasteiger partial charge in [-0.25, -0.2) is 9.59 Å². The van der Waals surface area contributed by atoms with Crippen molar-refractivity contribution >= 4 is 17.7 Å². The van der Waals surface area contributed by atoms with E-state index in [0.717, 1.165) is 12.8 Å². The lowest BCUT2D eigenvalue weighted by Crippen LogP contribution is -2.45. The molecule has 10 heteroatoms. The maximum absolute atomic E-state index is 12.2. The Balaban J connectivity index is 1.78. The van der Waals surface area contributed by atoms with Crippen molar-refractivity contribution in [2.75, 3.05) is 11.9 Å². The molecule has 1 aliphatic rings. The number of benzene rings is 1. The number of nitrogens with one attached hydrogen (secondary N) is 4. The highest BCUT2D eigenvalue weighted by atomic mass is 19.4. The molecular weight excluding hydrogens is 353 g/mol. The molecule has 0 spiro atoms. The summed E-state index contributed by atoms with van der Waals surface area (Å²) >= 11 is 0. The van der Waals surface area contributed by atoms with Crippen molar-refractivity contribution in [3.05, 3.63) is 29.8 Å². The van der Waals surface area contributed by atoms with Gasteiger partial charge in [-0.1, -0.05) is 12.1 Å². The van der Waals surface area contributed by atoms with Crippen LogP contribution in [0.4, 0.5) is 28.4 Å². The van der Waals surface area contributed by atoms with Gasteiger partial charge in [-0.15, -0.1) is 0 Å². The fourth-order valence-corrected chi connectivity index (χ4v) is 2.07. The zero-order valence-electron chi connectivity index (χ0n) is 14.1. The molecule has 1 fully saturated rings. The number of urea groups is 2. The van der Waals surface area contributed by atoms with Gasteiger partial charge in [-0.05, 0) is 37.5 Å². The molecule has 0 aliphatic heterocycles. The fourth-order valence-electron chi connectivity index (χ4n) is 2.07. The Morgan fingerprint density at radius 3 is 2.35 bits per heavy atom. The lowest BCUT2D eigenvalue weighted by atomic mass is 10.1. The van der Waals surface area contributed by atoms with Crippen molar-refractivity contribution in [1.82, 2.24) is 16.0 Å². The molecule has 1 aliphatic carbocycles. The molecule has 2 atom stereocenters. The SMILES string of the molecule is C[C@H](NC(=O)NC[C@H](O)C(F)(F)F)c1ccc(NC(=O)NC2CC2)cc1. The highest BCUT2D eigenvalue weighted by molar-refractivity contribution is 5.89. The van der Waals surface area contributed by atoms with Crippen molar-refractivity contribution in [1.29, 1.82) is 0 Å². The number of hydrogen-bond acceptors (Lipinski definition) is 3. The van der Waals surface area contributed by atoms with Crippen LogP contribution in [0.5, 0.6) is 0 Å². The first-order valence-corrected chi connectivity index (χ1v) is 8.12. The van der Waals surface area contributed by atoms with Crippen molar-refractivity contribution in [3.8, 4) is 0 Å². The normalized spacial score (nSPS) is 16.3. The summed E-state index contributed by atoms with van der Waals surface area (Å²) in [6.07, 6.45) is -5.43. The van der Waals surface area contributed by atoms with Gasteiger partial charge in [-0.2, -0.15) is 13.2 Å². The van der Waals surface area contributed by atoms with Gasteiger partial charge in [0.05, 0.1) is 12.6 Å². The maximum atomic E-state index is 12.2. The minimum Gasteiger partial charge on any atom is -0.382 e. The van der Waals surface area contributed by atoms with Crippen LogP contribution in [0, 0.1) is 0 Å². The molecule has 0 heterocycles. The van der Waals surface area contributed by atoms with E-state index in [0.29, 0.717) is 11.3 Å². The number of alkyl halides is 3. The van der Waals surface area contributed by atoms with E-state index in [4.69, 9.17) is 5.11 Å². The first-order chi connectivity index (χ1) is 12.1. The summed E-state index contributed by atoms with van der Waals surface area (Å²) in [6.45, 7) is 0.725. The molecule has 144 valence electrons. The Hall–Kier alpha value is -2.49. The highest BCUT2D eigenvalue weighted by Gasteiger charge is 2.38. The predicted molar refractivity (Wildman–Crippen MR) is 88.6 cm³/mol. The second-order valence-corrected chi connectivity index (χ2v) is 6.13. The number of halogens is 3. The van der Waals surface area contributed by atoms with E-state index in [1.165, 1.54) is 0 Å². The molecule has 2 rings (SSSR count). The Labute approximate surface area is 148 Å². The van der Waals surface area contributed by atoms with Crippen LogP contribution < -0.4 is 21.3 Å². The van der Waals surface area contributed by atoms with Crippen LogP contribution in [0.15, 0.2) is 24.3 Å². The summed E-state index contributed by atoms with van der Waals surface area (Å²) in [5.74, 6) is 0. The molecule has 1 saturated carbocycles. The van der Waals surface area contributed by atoms with Crippen LogP contribution in [0.2, 0.25) is 0 Å². The van der Waals surface area contributed by atoms with Gasteiger partial charge >= 0.3 is 18.2 Å². The van der Waals surface area contributed by atoms with E-state index in [1.807, 2.05) is 5.32 Å². The van der Waals surface area contributed by atoms with Gasteiger partial charge in [-0.3, -0.25) is 0 Å². The Bertz CT molecular complexity index is 633. The third-order valence-electron chi connectivity index (χ3n) is 3.76.